The third-order valence-corrected chi connectivity index (χ3v) is 4.17. The maximum Gasteiger partial charge on any atom is 0.220 e. The first kappa shape index (κ1) is 10.5. The normalized spacial score (nSPS) is 31.5. The van der Waals surface area contributed by atoms with Gasteiger partial charge in [0.25, 0.3) is 0 Å². The van der Waals surface area contributed by atoms with Crippen LogP contribution in [0.15, 0.2) is 0 Å². The second-order valence-corrected chi connectivity index (χ2v) is 5.99. The van der Waals surface area contributed by atoms with Gasteiger partial charge in [-0.05, 0) is 13.3 Å². The van der Waals surface area contributed by atoms with Crippen molar-refractivity contribution in [3.63, 3.8) is 0 Å². The van der Waals surface area contributed by atoms with E-state index in [2.05, 4.69) is 5.32 Å². The van der Waals surface area contributed by atoms with Crippen LogP contribution in [0, 0.1) is 0 Å². The molecule has 1 rings (SSSR count). The van der Waals surface area contributed by atoms with Gasteiger partial charge in [0.15, 0.2) is 9.84 Å². The molecule has 76 valence electrons. The van der Waals surface area contributed by atoms with Crippen molar-refractivity contribution in [2.75, 3.05) is 11.5 Å². The van der Waals surface area contributed by atoms with E-state index >= 15 is 0 Å². The number of nitrogens with one attached hydrogen (secondary N) is 1. The van der Waals surface area contributed by atoms with Gasteiger partial charge in [-0.2, -0.15) is 0 Å². The van der Waals surface area contributed by atoms with Crippen molar-refractivity contribution < 1.29 is 13.2 Å². The van der Waals surface area contributed by atoms with Crippen LogP contribution in [-0.4, -0.2) is 31.4 Å². The molecule has 0 aromatic carbocycles. The van der Waals surface area contributed by atoms with E-state index in [0.29, 0.717) is 12.8 Å². The van der Waals surface area contributed by atoms with Crippen molar-refractivity contribution in [1.82, 2.24) is 5.32 Å². The van der Waals surface area contributed by atoms with Crippen molar-refractivity contribution in [3.8, 4) is 0 Å². The van der Waals surface area contributed by atoms with E-state index in [0.717, 1.165) is 0 Å². The van der Waals surface area contributed by atoms with Gasteiger partial charge in [0.1, 0.15) is 0 Å². The highest BCUT2D eigenvalue weighted by atomic mass is 32.2. The highest BCUT2D eigenvalue weighted by Crippen LogP contribution is 2.22. The average Bonchev–Trinajstić information content (AvgIpc) is 2.25. The zero-order valence-electron chi connectivity index (χ0n) is 7.96. The minimum Gasteiger partial charge on any atom is -0.350 e. The molecule has 4 nitrogen and oxygen atoms in total. The van der Waals surface area contributed by atoms with Crippen molar-refractivity contribution >= 4 is 15.7 Å². The monoisotopic (exact) mass is 205 g/mol. The first-order valence-electron chi connectivity index (χ1n) is 4.38. The lowest BCUT2D eigenvalue weighted by Gasteiger charge is -2.23. The van der Waals surface area contributed by atoms with E-state index in [9.17, 15) is 13.2 Å². The van der Waals surface area contributed by atoms with Gasteiger partial charge in [0, 0.05) is 6.42 Å². The molecule has 0 radical (unpaired) electrons. The standard InChI is InChI=1S/C8H15NO3S/c1-3-7(10)9-8(2)4-5-13(11,12)6-8/h3-6H2,1-2H3,(H,9,10). The average molecular weight is 205 g/mol. The molecule has 0 spiro atoms. The number of carbonyl (C=O) groups excluding carboxylic acids is 1. The number of rotatable bonds is 2. The van der Waals surface area contributed by atoms with Crippen molar-refractivity contribution in [2.45, 2.75) is 32.2 Å². The van der Waals surface area contributed by atoms with Crippen molar-refractivity contribution in [1.29, 1.82) is 0 Å². The summed E-state index contributed by atoms with van der Waals surface area (Å²) < 4.78 is 22.3. The molecule has 1 aliphatic rings. The van der Waals surface area contributed by atoms with Gasteiger partial charge in [-0.15, -0.1) is 0 Å². The quantitative estimate of drug-likeness (QED) is 0.695. The Bertz CT molecular complexity index is 309. The molecule has 1 unspecified atom stereocenters. The van der Waals surface area contributed by atoms with Gasteiger partial charge in [-0.3, -0.25) is 4.79 Å². The second-order valence-electron chi connectivity index (χ2n) is 3.80. The van der Waals surface area contributed by atoms with Crippen molar-refractivity contribution in [3.05, 3.63) is 0 Å². The van der Waals surface area contributed by atoms with Gasteiger partial charge in [0.05, 0.1) is 17.0 Å². The van der Waals surface area contributed by atoms with Gasteiger partial charge >= 0.3 is 0 Å². The van der Waals surface area contributed by atoms with E-state index in [4.69, 9.17) is 0 Å². The van der Waals surface area contributed by atoms with E-state index in [1.807, 2.05) is 0 Å². The van der Waals surface area contributed by atoms with Crippen LogP contribution >= 0.6 is 0 Å². The summed E-state index contributed by atoms with van der Waals surface area (Å²) in [5.74, 6) is 0.179. The molecule has 1 fully saturated rings. The molecule has 1 amide bonds. The summed E-state index contributed by atoms with van der Waals surface area (Å²) in [6.45, 7) is 3.53. The first-order chi connectivity index (χ1) is 5.87. The summed E-state index contributed by atoms with van der Waals surface area (Å²) >= 11 is 0. The molecule has 0 saturated carbocycles. The molecule has 0 aromatic heterocycles. The van der Waals surface area contributed by atoms with Gasteiger partial charge in [-0.25, -0.2) is 8.42 Å². The smallest absolute Gasteiger partial charge is 0.220 e. The zero-order chi connectivity index (χ0) is 10.1. The molecule has 1 saturated heterocycles. The highest BCUT2D eigenvalue weighted by Gasteiger charge is 2.38. The predicted octanol–water partition coefficient (Wildman–Crippen LogP) is 0.0898. The molecule has 1 aliphatic heterocycles. The van der Waals surface area contributed by atoms with E-state index < -0.39 is 15.4 Å². The lowest BCUT2D eigenvalue weighted by molar-refractivity contribution is -0.122. The molecular weight excluding hydrogens is 190 g/mol. The van der Waals surface area contributed by atoms with Gasteiger partial charge in [-0.1, -0.05) is 6.92 Å². The molecule has 0 bridgehead atoms. The molecule has 0 aliphatic carbocycles. The first-order valence-corrected chi connectivity index (χ1v) is 6.20. The Kier molecular flexibility index (Phi) is 2.66. The van der Waals surface area contributed by atoms with Crippen LogP contribution < -0.4 is 5.32 Å². The largest absolute Gasteiger partial charge is 0.350 e. The van der Waals surface area contributed by atoms with Crippen LogP contribution in [0.1, 0.15) is 26.7 Å². The van der Waals surface area contributed by atoms with Crippen LogP contribution in [0.4, 0.5) is 0 Å². The second kappa shape index (κ2) is 3.29. The van der Waals surface area contributed by atoms with Crippen molar-refractivity contribution in [2.24, 2.45) is 0 Å². The summed E-state index contributed by atoms with van der Waals surface area (Å²) in [5, 5.41) is 2.74. The SMILES string of the molecule is CCC(=O)NC1(C)CCS(=O)(=O)C1. The Morgan fingerprint density at radius 3 is 2.54 bits per heavy atom. The fourth-order valence-corrected chi connectivity index (χ4v) is 3.63. The van der Waals surface area contributed by atoms with Crippen LogP contribution in [0.2, 0.25) is 0 Å². The molecule has 5 heteroatoms. The van der Waals surface area contributed by atoms with Crippen LogP contribution in [-0.2, 0) is 14.6 Å². The Hall–Kier alpha value is -0.580. The number of carbonyl (C=O) groups is 1. The number of hydrogen-bond donors (Lipinski definition) is 1. The molecule has 1 N–H and O–H groups in total. The van der Waals surface area contributed by atoms with Crippen LogP contribution in [0.5, 0.6) is 0 Å². The molecular formula is C8H15NO3S. The summed E-state index contributed by atoms with van der Waals surface area (Å²) in [6, 6.07) is 0. The lowest BCUT2D eigenvalue weighted by atomic mass is 10.0. The Morgan fingerprint density at radius 2 is 2.15 bits per heavy atom. The molecule has 1 heterocycles. The minimum atomic E-state index is -2.92. The predicted molar refractivity (Wildman–Crippen MR) is 50.1 cm³/mol. The van der Waals surface area contributed by atoms with Crippen LogP contribution in [0.25, 0.3) is 0 Å². The highest BCUT2D eigenvalue weighted by molar-refractivity contribution is 7.91. The van der Waals surface area contributed by atoms with E-state index in [-0.39, 0.29) is 17.4 Å². The maximum absolute atomic E-state index is 11.2. The molecule has 13 heavy (non-hydrogen) atoms. The molecule has 1 atom stereocenters. The Balaban J connectivity index is 2.65. The molecule has 0 aromatic rings. The Labute approximate surface area is 78.6 Å². The number of sulfone groups is 1. The Morgan fingerprint density at radius 1 is 1.54 bits per heavy atom. The van der Waals surface area contributed by atoms with E-state index in [1.165, 1.54) is 0 Å². The van der Waals surface area contributed by atoms with Gasteiger partial charge in [0.2, 0.25) is 5.91 Å². The third-order valence-electron chi connectivity index (χ3n) is 2.27. The topological polar surface area (TPSA) is 63.2 Å². The third kappa shape index (κ3) is 2.69. The summed E-state index contributed by atoms with van der Waals surface area (Å²) in [5.41, 5.74) is -0.536. The van der Waals surface area contributed by atoms with Gasteiger partial charge < -0.3 is 5.32 Å². The fraction of sp³-hybridized carbons (Fsp3) is 0.875. The zero-order valence-corrected chi connectivity index (χ0v) is 8.78. The maximum atomic E-state index is 11.2. The summed E-state index contributed by atoms with van der Waals surface area (Å²) in [4.78, 5) is 11.1. The lowest BCUT2D eigenvalue weighted by Crippen LogP contribution is -2.46. The minimum absolute atomic E-state index is 0.0751. The van der Waals surface area contributed by atoms with Crippen LogP contribution in [0.3, 0.4) is 0 Å². The summed E-state index contributed by atoms with van der Waals surface area (Å²) in [7, 11) is -2.92. The summed E-state index contributed by atoms with van der Waals surface area (Å²) in [6.07, 6.45) is 0.927. The number of amides is 1. The fourth-order valence-electron chi connectivity index (χ4n) is 1.53. The van der Waals surface area contributed by atoms with E-state index in [1.54, 1.807) is 13.8 Å². The number of hydrogen-bond acceptors (Lipinski definition) is 3.